The van der Waals surface area contributed by atoms with Crippen LogP contribution in [0.15, 0.2) is 11.5 Å². The lowest BCUT2D eigenvalue weighted by molar-refractivity contribution is -0.140. The van der Waals surface area contributed by atoms with Crippen molar-refractivity contribution in [2.24, 2.45) is 0 Å². The third kappa shape index (κ3) is 4.31. The Hall–Kier alpha value is -1.97. The predicted molar refractivity (Wildman–Crippen MR) is 86.3 cm³/mol. The highest BCUT2D eigenvalue weighted by Gasteiger charge is 2.37. The summed E-state index contributed by atoms with van der Waals surface area (Å²) in [5.74, 6) is -0.852. The van der Waals surface area contributed by atoms with Crippen LogP contribution in [0, 0.1) is 0 Å². The molecule has 0 aliphatic heterocycles. The van der Waals surface area contributed by atoms with Crippen LogP contribution in [0.1, 0.15) is 40.0 Å². The summed E-state index contributed by atoms with van der Waals surface area (Å²) in [6.45, 7) is 6.40. The van der Waals surface area contributed by atoms with Gasteiger partial charge in [0.1, 0.15) is 6.33 Å². The molecule has 1 aromatic rings. The molecular formula is C14H24N4O5S. The smallest absolute Gasteiger partial charge is 0.346 e. The number of sulfone groups is 1. The van der Waals surface area contributed by atoms with Crippen molar-refractivity contribution < 1.29 is 22.7 Å². The maximum atomic E-state index is 12.6. The lowest BCUT2D eigenvalue weighted by atomic mass is 10.2. The number of carbonyl (C=O) groups is 2. The first-order valence-electron chi connectivity index (χ1n) is 7.86. The van der Waals surface area contributed by atoms with Crippen LogP contribution < -0.4 is 0 Å². The van der Waals surface area contributed by atoms with Crippen molar-refractivity contribution in [2.45, 2.75) is 50.4 Å². The summed E-state index contributed by atoms with van der Waals surface area (Å²) in [6, 6.07) is -0.475. The van der Waals surface area contributed by atoms with Gasteiger partial charge in [-0.05, 0) is 20.3 Å². The molecule has 0 radical (unpaired) electrons. The SMILES string of the molecule is CCCCC(C(=O)OC)S(=O)(=O)c1ncn(C(=O)N(CC)CC)n1. The highest BCUT2D eigenvalue weighted by Crippen LogP contribution is 2.18. The summed E-state index contributed by atoms with van der Waals surface area (Å²) in [5.41, 5.74) is 0. The van der Waals surface area contributed by atoms with Crippen molar-refractivity contribution in [1.82, 2.24) is 19.7 Å². The Morgan fingerprint density at radius 3 is 2.42 bits per heavy atom. The summed E-state index contributed by atoms with van der Waals surface area (Å²) in [5, 5.41) is 1.84. The zero-order valence-electron chi connectivity index (χ0n) is 14.4. The van der Waals surface area contributed by atoms with E-state index in [2.05, 4.69) is 14.8 Å². The number of hydrogen-bond acceptors (Lipinski definition) is 7. The Morgan fingerprint density at radius 2 is 1.92 bits per heavy atom. The third-order valence-corrected chi connectivity index (χ3v) is 5.49. The standard InChI is InChI=1S/C14H24N4O5S/c1-5-8-9-11(12(19)23-4)24(21,22)13-15-10-18(16-13)14(20)17(6-2)7-3/h10-11H,5-9H2,1-4H3. The van der Waals surface area contributed by atoms with Crippen LogP contribution in [0.4, 0.5) is 4.79 Å². The lowest BCUT2D eigenvalue weighted by Gasteiger charge is -2.17. The van der Waals surface area contributed by atoms with E-state index in [0.29, 0.717) is 19.5 Å². The molecule has 0 aliphatic rings. The molecule has 0 aliphatic carbocycles. The molecule has 0 bridgehead atoms. The molecule has 0 spiro atoms. The number of carbonyl (C=O) groups excluding carboxylic acids is 2. The zero-order chi connectivity index (χ0) is 18.3. The molecule has 10 heteroatoms. The average Bonchev–Trinajstić information content (AvgIpc) is 3.06. The lowest BCUT2D eigenvalue weighted by Crippen LogP contribution is -2.35. The Morgan fingerprint density at radius 1 is 1.29 bits per heavy atom. The van der Waals surface area contributed by atoms with E-state index in [0.717, 1.165) is 24.5 Å². The molecule has 136 valence electrons. The molecule has 1 heterocycles. The van der Waals surface area contributed by atoms with Crippen molar-refractivity contribution in [3.63, 3.8) is 0 Å². The Kier molecular flexibility index (Phi) is 7.33. The normalized spacial score (nSPS) is 12.7. The molecule has 9 nitrogen and oxygen atoms in total. The van der Waals surface area contributed by atoms with Gasteiger partial charge >= 0.3 is 12.0 Å². The van der Waals surface area contributed by atoms with Crippen LogP contribution in [0.3, 0.4) is 0 Å². The van der Waals surface area contributed by atoms with Gasteiger partial charge < -0.3 is 9.64 Å². The fourth-order valence-electron chi connectivity index (χ4n) is 2.16. The largest absolute Gasteiger partial charge is 0.468 e. The monoisotopic (exact) mass is 360 g/mol. The molecule has 1 rings (SSSR count). The molecule has 1 aromatic heterocycles. The van der Waals surface area contributed by atoms with Crippen LogP contribution in [0.25, 0.3) is 0 Å². The van der Waals surface area contributed by atoms with Crippen molar-refractivity contribution in [1.29, 1.82) is 0 Å². The van der Waals surface area contributed by atoms with Crippen LogP contribution in [-0.4, -0.2) is 65.5 Å². The Balaban J connectivity index is 3.14. The van der Waals surface area contributed by atoms with E-state index < -0.39 is 32.2 Å². The van der Waals surface area contributed by atoms with E-state index in [1.54, 1.807) is 13.8 Å². The van der Waals surface area contributed by atoms with E-state index in [-0.39, 0.29) is 6.42 Å². The Bertz CT molecular complexity index is 666. The number of methoxy groups -OCH3 is 1. The minimum absolute atomic E-state index is 0.115. The number of hydrogen-bond donors (Lipinski definition) is 0. The molecule has 0 aromatic carbocycles. The minimum Gasteiger partial charge on any atom is -0.468 e. The summed E-state index contributed by atoms with van der Waals surface area (Å²) >= 11 is 0. The van der Waals surface area contributed by atoms with Gasteiger partial charge in [0.15, 0.2) is 5.25 Å². The van der Waals surface area contributed by atoms with E-state index in [1.807, 2.05) is 6.92 Å². The molecule has 0 N–H and O–H groups in total. The van der Waals surface area contributed by atoms with Crippen molar-refractivity contribution in [2.75, 3.05) is 20.2 Å². The molecule has 0 saturated heterocycles. The quantitative estimate of drug-likeness (QED) is 0.638. The first kappa shape index (κ1) is 20.1. The van der Waals surface area contributed by atoms with Gasteiger partial charge in [0.05, 0.1) is 7.11 Å². The van der Waals surface area contributed by atoms with Crippen molar-refractivity contribution in [3.05, 3.63) is 6.33 Å². The van der Waals surface area contributed by atoms with Gasteiger partial charge in [0.2, 0.25) is 9.84 Å². The number of rotatable bonds is 8. The maximum absolute atomic E-state index is 12.6. The first-order chi connectivity index (χ1) is 11.3. The summed E-state index contributed by atoms with van der Waals surface area (Å²) in [6.07, 6.45) is 2.43. The number of unbranched alkanes of at least 4 members (excludes halogenated alkanes) is 1. The van der Waals surface area contributed by atoms with Gasteiger partial charge in [-0.15, -0.1) is 5.10 Å². The van der Waals surface area contributed by atoms with Gasteiger partial charge in [0.25, 0.3) is 5.16 Å². The van der Waals surface area contributed by atoms with Gasteiger partial charge in [-0.2, -0.15) is 4.68 Å². The van der Waals surface area contributed by atoms with Crippen LogP contribution >= 0.6 is 0 Å². The summed E-state index contributed by atoms with van der Waals surface area (Å²) in [7, 11) is -2.99. The highest BCUT2D eigenvalue weighted by molar-refractivity contribution is 7.92. The van der Waals surface area contributed by atoms with Gasteiger partial charge in [-0.1, -0.05) is 19.8 Å². The third-order valence-electron chi connectivity index (χ3n) is 3.61. The predicted octanol–water partition coefficient (Wildman–Crippen LogP) is 1.09. The van der Waals surface area contributed by atoms with Crippen molar-refractivity contribution >= 4 is 21.8 Å². The summed E-state index contributed by atoms with van der Waals surface area (Å²) in [4.78, 5) is 29.2. The fourth-order valence-corrected chi connectivity index (χ4v) is 3.63. The van der Waals surface area contributed by atoms with Gasteiger partial charge in [0, 0.05) is 13.1 Å². The molecule has 0 fully saturated rings. The Labute approximate surface area is 141 Å². The zero-order valence-corrected chi connectivity index (χ0v) is 15.2. The van der Waals surface area contributed by atoms with Crippen molar-refractivity contribution in [3.8, 4) is 0 Å². The van der Waals surface area contributed by atoms with E-state index >= 15 is 0 Å². The van der Waals surface area contributed by atoms with E-state index in [4.69, 9.17) is 0 Å². The average molecular weight is 360 g/mol. The minimum atomic E-state index is -4.12. The van der Waals surface area contributed by atoms with Gasteiger partial charge in [-0.3, -0.25) is 4.79 Å². The first-order valence-corrected chi connectivity index (χ1v) is 9.40. The topological polar surface area (TPSA) is 111 Å². The molecule has 0 saturated carbocycles. The number of ether oxygens (including phenoxy) is 1. The second-order valence-corrected chi connectivity index (χ2v) is 7.15. The maximum Gasteiger partial charge on any atom is 0.346 e. The molecular weight excluding hydrogens is 336 g/mol. The molecule has 1 unspecified atom stereocenters. The summed E-state index contributed by atoms with van der Waals surface area (Å²) < 4.78 is 30.7. The van der Waals surface area contributed by atoms with E-state index in [9.17, 15) is 18.0 Å². The molecule has 24 heavy (non-hydrogen) atoms. The van der Waals surface area contributed by atoms with Crippen LogP contribution in [0.5, 0.6) is 0 Å². The van der Waals surface area contributed by atoms with Gasteiger partial charge in [-0.25, -0.2) is 18.2 Å². The number of amides is 1. The number of aromatic nitrogens is 3. The second kappa shape index (κ2) is 8.76. The number of esters is 1. The molecule has 1 atom stereocenters. The van der Waals surface area contributed by atoms with Crippen LogP contribution in [-0.2, 0) is 19.4 Å². The molecule has 1 amide bonds. The second-order valence-electron chi connectivity index (χ2n) is 5.13. The fraction of sp³-hybridized carbons (Fsp3) is 0.714. The van der Waals surface area contributed by atoms with Crippen LogP contribution in [0.2, 0.25) is 0 Å². The number of nitrogens with zero attached hydrogens (tertiary/aromatic N) is 4. The van der Waals surface area contributed by atoms with E-state index in [1.165, 1.54) is 4.90 Å². The highest BCUT2D eigenvalue weighted by atomic mass is 32.2.